The molecule has 0 spiro atoms. The fraction of sp³-hybridized carbons (Fsp3) is 0.500. The van der Waals surface area contributed by atoms with Crippen molar-refractivity contribution in [3.63, 3.8) is 0 Å². The first-order chi connectivity index (χ1) is 8.63. The van der Waals surface area contributed by atoms with Crippen LogP contribution in [-0.2, 0) is 0 Å². The molecule has 2 N–H and O–H groups in total. The molecule has 0 saturated carbocycles. The van der Waals surface area contributed by atoms with Gasteiger partial charge in [0.25, 0.3) is 5.91 Å². The van der Waals surface area contributed by atoms with Gasteiger partial charge in [-0.05, 0) is 47.1 Å². The van der Waals surface area contributed by atoms with E-state index < -0.39 is 0 Å². The second kappa shape index (κ2) is 6.02. The van der Waals surface area contributed by atoms with E-state index in [2.05, 4.69) is 29.5 Å². The molecule has 2 rings (SSSR count). The SMILES string of the molecule is CCC1CN(C(=O)c2ccccc2I)CCC1N. The lowest BCUT2D eigenvalue weighted by Crippen LogP contribution is -2.49. The Labute approximate surface area is 122 Å². The molecule has 1 aromatic rings. The van der Waals surface area contributed by atoms with E-state index in [0.717, 1.165) is 35.1 Å². The first kappa shape index (κ1) is 13.8. The highest BCUT2D eigenvalue weighted by Gasteiger charge is 2.29. The van der Waals surface area contributed by atoms with Crippen LogP contribution in [0.4, 0.5) is 0 Å². The molecule has 0 aromatic heterocycles. The Morgan fingerprint density at radius 1 is 1.50 bits per heavy atom. The summed E-state index contributed by atoms with van der Waals surface area (Å²) < 4.78 is 1.02. The number of nitrogens with two attached hydrogens (primary N) is 1. The summed E-state index contributed by atoms with van der Waals surface area (Å²) >= 11 is 2.22. The lowest BCUT2D eigenvalue weighted by Gasteiger charge is -2.36. The summed E-state index contributed by atoms with van der Waals surface area (Å²) in [7, 11) is 0. The zero-order valence-corrected chi connectivity index (χ0v) is 12.8. The number of hydrogen-bond donors (Lipinski definition) is 1. The molecule has 1 heterocycles. The fourth-order valence-corrected chi connectivity index (χ4v) is 3.09. The van der Waals surface area contributed by atoms with Gasteiger partial charge in [0.15, 0.2) is 0 Å². The van der Waals surface area contributed by atoms with E-state index in [4.69, 9.17) is 5.73 Å². The van der Waals surface area contributed by atoms with Gasteiger partial charge < -0.3 is 10.6 Å². The fourth-order valence-electron chi connectivity index (χ4n) is 2.47. The number of carbonyl (C=O) groups excluding carboxylic acids is 1. The molecule has 1 amide bonds. The molecule has 1 aromatic carbocycles. The van der Waals surface area contributed by atoms with Crippen LogP contribution in [0.5, 0.6) is 0 Å². The summed E-state index contributed by atoms with van der Waals surface area (Å²) in [4.78, 5) is 14.4. The average molecular weight is 358 g/mol. The van der Waals surface area contributed by atoms with Crippen molar-refractivity contribution < 1.29 is 4.79 Å². The van der Waals surface area contributed by atoms with E-state index in [1.807, 2.05) is 29.2 Å². The van der Waals surface area contributed by atoms with Gasteiger partial charge >= 0.3 is 0 Å². The summed E-state index contributed by atoms with van der Waals surface area (Å²) in [6.07, 6.45) is 1.95. The largest absolute Gasteiger partial charge is 0.338 e. The highest BCUT2D eigenvalue weighted by Crippen LogP contribution is 2.22. The number of piperidine rings is 1. The first-order valence-electron chi connectivity index (χ1n) is 6.43. The first-order valence-corrected chi connectivity index (χ1v) is 7.50. The Bertz CT molecular complexity index is 436. The lowest BCUT2D eigenvalue weighted by atomic mass is 9.90. The molecule has 4 heteroatoms. The predicted molar refractivity (Wildman–Crippen MR) is 81.4 cm³/mol. The number of hydrogen-bond acceptors (Lipinski definition) is 2. The third-order valence-electron chi connectivity index (χ3n) is 3.71. The maximum absolute atomic E-state index is 12.5. The third-order valence-corrected chi connectivity index (χ3v) is 4.65. The van der Waals surface area contributed by atoms with Gasteiger partial charge in [0.05, 0.1) is 5.56 Å². The highest BCUT2D eigenvalue weighted by atomic mass is 127. The van der Waals surface area contributed by atoms with E-state index in [1.54, 1.807) is 0 Å². The molecule has 2 unspecified atom stereocenters. The number of nitrogens with zero attached hydrogens (tertiary/aromatic N) is 1. The van der Waals surface area contributed by atoms with Gasteiger partial charge in [-0.1, -0.05) is 25.5 Å². The molecular formula is C14H19IN2O. The average Bonchev–Trinajstić information content (AvgIpc) is 2.39. The van der Waals surface area contributed by atoms with Gasteiger partial charge in [-0.25, -0.2) is 0 Å². The molecule has 1 saturated heterocycles. The Kier molecular flexibility index (Phi) is 4.61. The number of benzene rings is 1. The lowest BCUT2D eigenvalue weighted by molar-refractivity contribution is 0.0648. The Balaban J connectivity index is 2.13. The number of halogens is 1. The van der Waals surface area contributed by atoms with Gasteiger partial charge in [0.2, 0.25) is 0 Å². The molecule has 3 nitrogen and oxygen atoms in total. The van der Waals surface area contributed by atoms with Crippen molar-refractivity contribution >= 4 is 28.5 Å². The zero-order valence-electron chi connectivity index (χ0n) is 10.6. The molecule has 0 radical (unpaired) electrons. The van der Waals surface area contributed by atoms with Crippen LogP contribution in [0.15, 0.2) is 24.3 Å². The maximum Gasteiger partial charge on any atom is 0.254 e. The van der Waals surface area contributed by atoms with Crippen LogP contribution in [0.25, 0.3) is 0 Å². The van der Waals surface area contributed by atoms with Crippen molar-refractivity contribution in [2.45, 2.75) is 25.8 Å². The molecule has 98 valence electrons. The second-order valence-corrected chi connectivity index (χ2v) is 6.01. The quantitative estimate of drug-likeness (QED) is 0.826. The number of rotatable bonds is 2. The van der Waals surface area contributed by atoms with Crippen LogP contribution < -0.4 is 5.73 Å². The minimum atomic E-state index is 0.144. The Hall–Kier alpha value is -0.620. The summed E-state index contributed by atoms with van der Waals surface area (Å²) in [5.41, 5.74) is 6.89. The van der Waals surface area contributed by atoms with Crippen molar-refractivity contribution in [1.82, 2.24) is 4.90 Å². The van der Waals surface area contributed by atoms with Crippen molar-refractivity contribution in [3.05, 3.63) is 33.4 Å². The summed E-state index contributed by atoms with van der Waals surface area (Å²) in [6, 6.07) is 8.00. The van der Waals surface area contributed by atoms with Crippen molar-refractivity contribution in [2.75, 3.05) is 13.1 Å². The van der Waals surface area contributed by atoms with E-state index in [0.29, 0.717) is 5.92 Å². The summed E-state index contributed by atoms with van der Waals surface area (Å²) in [5, 5.41) is 0. The van der Waals surface area contributed by atoms with Gasteiger partial charge in [0.1, 0.15) is 0 Å². The van der Waals surface area contributed by atoms with Gasteiger partial charge in [-0.2, -0.15) is 0 Å². The van der Waals surface area contributed by atoms with Crippen LogP contribution in [0, 0.1) is 9.49 Å². The van der Waals surface area contributed by atoms with Gasteiger partial charge in [-0.15, -0.1) is 0 Å². The second-order valence-electron chi connectivity index (χ2n) is 4.85. The van der Waals surface area contributed by atoms with E-state index in [-0.39, 0.29) is 11.9 Å². The van der Waals surface area contributed by atoms with Crippen LogP contribution in [0.1, 0.15) is 30.1 Å². The zero-order chi connectivity index (χ0) is 13.1. The van der Waals surface area contributed by atoms with E-state index in [9.17, 15) is 4.79 Å². The van der Waals surface area contributed by atoms with Crippen LogP contribution in [-0.4, -0.2) is 29.9 Å². The topological polar surface area (TPSA) is 46.3 Å². The normalized spacial score (nSPS) is 24.1. The molecule has 0 bridgehead atoms. The Morgan fingerprint density at radius 3 is 2.89 bits per heavy atom. The van der Waals surface area contributed by atoms with Crippen LogP contribution in [0.2, 0.25) is 0 Å². The van der Waals surface area contributed by atoms with E-state index >= 15 is 0 Å². The monoisotopic (exact) mass is 358 g/mol. The molecule has 0 aliphatic carbocycles. The van der Waals surface area contributed by atoms with Crippen molar-refractivity contribution in [3.8, 4) is 0 Å². The number of carbonyl (C=O) groups is 1. The third kappa shape index (κ3) is 2.85. The smallest absolute Gasteiger partial charge is 0.254 e. The number of amides is 1. The minimum Gasteiger partial charge on any atom is -0.338 e. The summed E-state index contributed by atoms with van der Waals surface area (Å²) in [6.45, 7) is 3.72. The molecule has 18 heavy (non-hydrogen) atoms. The standard InChI is InChI=1S/C14H19IN2O/c1-2-10-9-17(8-7-13(10)16)14(18)11-5-3-4-6-12(11)15/h3-6,10,13H,2,7-9,16H2,1H3. The minimum absolute atomic E-state index is 0.144. The predicted octanol–water partition coefficient (Wildman–Crippen LogP) is 2.49. The van der Waals surface area contributed by atoms with E-state index in [1.165, 1.54) is 0 Å². The maximum atomic E-state index is 12.5. The molecule has 1 aliphatic heterocycles. The number of likely N-dealkylation sites (tertiary alicyclic amines) is 1. The highest BCUT2D eigenvalue weighted by molar-refractivity contribution is 14.1. The molecule has 1 fully saturated rings. The molecular weight excluding hydrogens is 339 g/mol. The van der Waals surface area contributed by atoms with Crippen molar-refractivity contribution in [1.29, 1.82) is 0 Å². The van der Waals surface area contributed by atoms with Gasteiger partial charge in [-0.3, -0.25) is 4.79 Å². The van der Waals surface area contributed by atoms with Crippen LogP contribution >= 0.6 is 22.6 Å². The Morgan fingerprint density at radius 2 is 2.22 bits per heavy atom. The van der Waals surface area contributed by atoms with Crippen molar-refractivity contribution in [2.24, 2.45) is 11.7 Å². The van der Waals surface area contributed by atoms with Gasteiger partial charge in [0, 0.05) is 22.7 Å². The molecule has 1 aliphatic rings. The molecule has 2 atom stereocenters. The van der Waals surface area contributed by atoms with Crippen LogP contribution in [0.3, 0.4) is 0 Å². The summed E-state index contributed by atoms with van der Waals surface area (Å²) in [5.74, 6) is 0.578.